The second kappa shape index (κ2) is 4.49. The van der Waals surface area contributed by atoms with E-state index in [1.807, 2.05) is 36.7 Å². The summed E-state index contributed by atoms with van der Waals surface area (Å²) in [6.45, 7) is 4.44. The van der Waals surface area contributed by atoms with Crippen LogP contribution in [0.3, 0.4) is 0 Å². The number of rotatable bonds is 4. The van der Waals surface area contributed by atoms with Gasteiger partial charge in [0.05, 0.1) is 12.0 Å². The lowest BCUT2D eigenvalue weighted by atomic mass is 9.96. The largest absolute Gasteiger partial charge is 0.336 e. The van der Waals surface area contributed by atoms with Crippen molar-refractivity contribution in [1.82, 2.24) is 14.5 Å². The molecule has 0 saturated carbocycles. The van der Waals surface area contributed by atoms with Crippen molar-refractivity contribution in [3.05, 3.63) is 37.1 Å². The summed E-state index contributed by atoms with van der Waals surface area (Å²) in [6.07, 6.45) is 8.15. The van der Waals surface area contributed by atoms with E-state index in [-0.39, 0.29) is 5.41 Å². The van der Waals surface area contributed by atoms with Gasteiger partial charge in [-0.15, -0.1) is 0 Å². The third-order valence-electron chi connectivity index (χ3n) is 2.50. The third kappa shape index (κ3) is 2.78. The van der Waals surface area contributed by atoms with Crippen LogP contribution in [0.1, 0.15) is 13.8 Å². The topological polar surface area (TPSA) is 47.8 Å². The number of imidazole rings is 1. The first kappa shape index (κ1) is 11.5. The lowest BCUT2D eigenvalue weighted by molar-refractivity contribution is -0.115. The smallest absolute Gasteiger partial charge is 0.127 e. The lowest BCUT2D eigenvalue weighted by Crippen LogP contribution is -2.20. The van der Waals surface area contributed by atoms with Crippen LogP contribution >= 0.6 is 0 Å². The first-order chi connectivity index (χ1) is 8.11. The van der Waals surface area contributed by atoms with Crippen molar-refractivity contribution in [3.8, 4) is 11.3 Å². The third-order valence-corrected chi connectivity index (χ3v) is 2.50. The Morgan fingerprint density at radius 2 is 2.29 bits per heavy atom. The van der Waals surface area contributed by atoms with Crippen molar-refractivity contribution in [1.29, 1.82) is 0 Å². The molecule has 0 spiro atoms. The Morgan fingerprint density at radius 3 is 2.94 bits per heavy atom. The van der Waals surface area contributed by atoms with Gasteiger partial charge in [-0.3, -0.25) is 4.98 Å². The Kier molecular flexibility index (Phi) is 3.04. The minimum atomic E-state index is -0.368. The average Bonchev–Trinajstić information content (AvgIpc) is 2.78. The van der Waals surface area contributed by atoms with Gasteiger partial charge in [0.25, 0.3) is 0 Å². The monoisotopic (exact) mass is 229 g/mol. The zero-order valence-electron chi connectivity index (χ0n) is 10.00. The average molecular weight is 229 g/mol. The van der Waals surface area contributed by atoms with E-state index in [0.717, 1.165) is 17.5 Å². The predicted octanol–water partition coefficient (Wildman–Crippen LogP) is 2.17. The van der Waals surface area contributed by atoms with Crippen LogP contribution in [0.15, 0.2) is 37.1 Å². The van der Waals surface area contributed by atoms with Crippen LogP contribution in [-0.4, -0.2) is 20.8 Å². The van der Waals surface area contributed by atoms with Gasteiger partial charge in [-0.05, 0) is 12.1 Å². The maximum atomic E-state index is 10.9. The second-order valence-corrected chi connectivity index (χ2v) is 4.78. The number of nitrogens with zero attached hydrogens (tertiary/aromatic N) is 3. The molecule has 0 bridgehead atoms. The molecule has 0 aliphatic carbocycles. The first-order valence-corrected chi connectivity index (χ1v) is 5.49. The maximum Gasteiger partial charge on any atom is 0.127 e. The Bertz CT molecular complexity index is 502. The Hall–Kier alpha value is -1.97. The number of pyridine rings is 1. The molecule has 2 heterocycles. The Balaban J connectivity index is 2.20. The van der Waals surface area contributed by atoms with Crippen LogP contribution in [0.25, 0.3) is 11.3 Å². The standard InChI is InChI=1S/C13H15N3O/c1-13(2,9-17)8-16-7-12(15-10-16)11-4-3-5-14-6-11/h3-7,9-10H,8H2,1-2H3. The molecule has 0 radical (unpaired) electrons. The number of aromatic nitrogens is 3. The fourth-order valence-corrected chi connectivity index (χ4v) is 1.62. The summed E-state index contributed by atoms with van der Waals surface area (Å²) in [4.78, 5) is 19.2. The fraction of sp³-hybridized carbons (Fsp3) is 0.308. The number of carbonyl (C=O) groups excluding carboxylic acids is 1. The normalized spacial score (nSPS) is 11.4. The fourth-order valence-electron chi connectivity index (χ4n) is 1.62. The van der Waals surface area contributed by atoms with Crippen LogP contribution in [0, 0.1) is 5.41 Å². The van der Waals surface area contributed by atoms with E-state index in [4.69, 9.17) is 0 Å². The molecular weight excluding hydrogens is 214 g/mol. The molecule has 0 atom stereocenters. The minimum absolute atomic E-state index is 0.368. The highest BCUT2D eigenvalue weighted by Crippen LogP contribution is 2.18. The summed E-state index contributed by atoms with van der Waals surface area (Å²) in [6, 6.07) is 3.84. The number of carbonyl (C=O) groups is 1. The van der Waals surface area contributed by atoms with Gasteiger partial charge in [-0.1, -0.05) is 13.8 Å². The second-order valence-electron chi connectivity index (χ2n) is 4.78. The minimum Gasteiger partial charge on any atom is -0.336 e. The molecule has 0 fully saturated rings. The van der Waals surface area contributed by atoms with Crippen LogP contribution in [0.2, 0.25) is 0 Å². The molecule has 4 heteroatoms. The summed E-state index contributed by atoms with van der Waals surface area (Å²) in [5.74, 6) is 0. The molecule has 0 aromatic carbocycles. The van der Waals surface area contributed by atoms with E-state index in [1.165, 1.54) is 0 Å². The number of hydrogen-bond donors (Lipinski definition) is 0. The van der Waals surface area contributed by atoms with Gasteiger partial charge in [0.2, 0.25) is 0 Å². The maximum absolute atomic E-state index is 10.9. The molecule has 0 saturated heterocycles. The molecule has 0 unspecified atom stereocenters. The zero-order chi connectivity index (χ0) is 12.3. The van der Waals surface area contributed by atoms with Crippen molar-refractivity contribution in [2.24, 2.45) is 5.41 Å². The molecule has 0 N–H and O–H groups in total. The quantitative estimate of drug-likeness (QED) is 0.755. The van der Waals surface area contributed by atoms with E-state index < -0.39 is 0 Å². The van der Waals surface area contributed by atoms with E-state index in [9.17, 15) is 4.79 Å². The van der Waals surface area contributed by atoms with E-state index in [1.54, 1.807) is 18.7 Å². The molecule has 2 rings (SSSR count). The highest BCUT2D eigenvalue weighted by Gasteiger charge is 2.17. The van der Waals surface area contributed by atoms with Crippen LogP contribution in [0.4, 0.5) is 0 Å². The number of hydrogen-bond acceptors (Lipinski definition) is 3. The van der Waals surface area contributed by atoms with Gasteiger partial charge in [0.15, 0.2) is 0 Å². The summed E-state index contributed by atoms with van der Waals surface area (Å²) in [7, 11) is 0. The lowest BCUT2D eigenvalue weighted by Gasteiger charge is -2.16. The van der Waals surface area contributed by atoms with E-state index in [2.05, 4.69) is 9.97 Å². The molecule has 17 heavy (non-hydrogen) atoms. The molecule has 0 aliphatic heterocycles. The van der Waals surface area contributed by atoms with Crippen LogP contribution < -0.4 is 0 Å². The van der Waals surface area contributed by atoms with E-state index in [0.29, 0.717) is 6.54 Å². The SMILES string of the molecule is CC(C)(C=O)Cn1cnc(-c2cccnc2)c1. The molecule has 4 nitrogen and oxygen atoms in total. The zero-order valence-corrected chi connectivity index (χ0v) is 10.00. The van der Waals surface area contributed by atoms with Gasteiger partial charge in [-0.25, -0.2) is 4.98 Å². The van der Waals surface area contributed by atoms with Crippen molar-refractivity contribution in [3.63, 3.8) is 0 Å². The van der Waals surface area contributed by atoms with Crippen molar-refractivity contribution >= 4 is 6.29 Å². The van der Waals surface area contributed by atoms with Crippen molar-refractivity contribution < 1.29 is 4.79 Å². The first-order valence-electron chi connectivity index (χ1n) is 5.49. The molecular formula is C13H15N3O. The van der Waals surface area contributed by atoms with Crippen LogP contribution in [0.5, 0.6) is 0 Å². The van der Waals surface area contributed by atoms with Gasteiger partial charge in [0, 0.05) is 36.1 Å². The molecule has 88 valence electrons. The predicted molar refractivity (Wildman–Crippen MR) is 65.3 cm³/mol. The Morgan fingerprint density at radius 1 is 1.47 bits per heavy atom. The molecule has 2 aromatic rings. The summed E-state index contributed by atoms with van der Waals surface area (Å²) in [5.41, 5.74) is 1.49. The van der Waals surface area contributed by atoms with Gasteiger partial charge < -0.3 is 9.36 Å². The summed E-state index contributed by atoms with van der Waals surface area (Å²) in [5, 5.41) is 0. The Labute approximate surface area is 100 Å². The number of aldehydes is 1. The molecule has 2 aromatic heterocycles. The van der Waals surface area contributed by atoms with Gasteiger partial charge in [-0.2, -0.15) is 0 Å². The van der Waals surface area contributed by atoms with Crippen molar-refractivity contribution in [2.45, 2.75) is 20.4 Å². The van der Waals surface area contributed by atoms with Crippen molar-refractivity contribution in [2.75, 3.05) is 0 Å². The highest BCUT2D eigenvalue weighted by atomic mass is 16.1. The molecule has 0 aliphatic rings. The molecule has 0 amide bonds. The summed E-state index contributed by atoms with van der Waals surface area (Å²) >= 11 is 0. The highest BCUT2D eigenvalue weighted by molar-refractivity contribution is 5.58. The van der Waals surface area contributed by atoms with Crippen LogP contribution in [-0.2, 0) is 11.3 Å². The van der Waals surface area contributed by atoms with Gasteiger partial charge >= 0.3 is 0 Å². The van der Waals surface area contributed by atoms with E-state index >= 15 is 0 Å². The van der Waals surface area contributed by atoms with Gasteiger partial charge in [0.1, 0.15) is 6.29 Å². The summed E-state index contributed by atoms with van der Waals surface area (Å²) < 4.78 is 1.93.